The fraction of sp³-hybridized carbons (Fsp3) is 0.0417. The number of aromatic nitrogens is 2. The van der Waals surface area contributed by atoms with Gasteiger partial charge in [-0.05, 0) is 54.7 Å². The SMILES string of the molecule is COc1ccc(-c2nc3ccccc3[nH]2)cc1NC(=S)NC(=O)c1cc2ccccc2o1. The van der Waals surface area contributed by atoms with E-state index in [1.807, 2.05) is 60.7 Å². The van der Waals surface area contributed by atoms with Gasteiger partial charge in [0.25, 0.3) is 5.91 Å². The monoisotopic (exact) mass is 442 g/mol. The first-order valence-electron chi connectivity index (χ1n) is 9.85. The number of nitrogens with zero attached hydrogens (tertiary/aromatic N) is 1. The van der Waals surface area contributed by atoms with Crippen LogP contribution >= 0.6 is 12.2 Å². The van der Waals surface area contributed by atoms with Crippen LogP contribution in [0.25, 0.3) is 33.4 Å². The molecule has 1 amide bonds. The van der Waals surface area contributed by atoms with Crippen molar-refractivity contribution in [3.05, 3.63) is 78.6 Å². The number of benzene rings is 3. The maximum Gasteiger partial charge on any atom is 0.293 e. The van der Waals surface area contributed by atoms with Crippen molar-refractivity contribution in [2.45, 2.75) is 0 Å². The van der Waals surface area contributed by atoms with Crippen LogP contribution in [0.3, 0.4) is 0 Å². The van der Waals surface area contributed by atoms with Crippen molar-refractivity contribution in [1.82, 2.24) is 15.3 Å². The first-order valence-corrected chi connectivity index (χ1v) is 10.3. The van der Waals surface area contributed by atoms with Gasteiger partial charge in [-0.25, -0.2) is 4.98 Å². The number of methoxy groups -OCH3 is 1. The summed E-state index contributed by atoms with van der Waals surface area (Å²) in [4.78, 5) is 20.5. The minimum atomic E-state index is -0.439. The van der Waals surface area contributed by atoms with Gasteiger partial charge in [0.15, 0.2) is 10.9 Å². The molecule has 0 aliphatic rings. The molecule has 5 aromatic rings. The molecule has 0 fully saturated rings. The Morgan fingerprint density at radius 3 is 2.69 bits per heavy atom. The van der Waals surface area contributed by atoms with Gasteiger partial charge in [-0.2, -0.15) is 0 Å². The number of thiocarbonyl (C=S) groups is 1. The second kappa shape index (κ2) is 8.16. The number of imidazole rings is 1. The van der Waals surface area contributed by atoms with Crippen molar-refractivity contribution in [3.8, 4) is 17.1 Å². The number of carbonyl (C=O) groups excluding carboxylic acids is 1. The highest BCUT2D eigenvalue weighted by atomic mass is 32.1. The van der Waals surface area contributed by atoms with Gasteiger partial charge in [0.2, 0.25) is 0 Å². The lowest BCUT2D eigenvalue weighted by Gasteiger charge is -2.13. The van der Waals surface area contributed by atoms with Crippen LogP contribution in [0.5, 0.6) is 5.75 Å². The molecule has 2 heterocycles. The third kappa shape index (κ3) is 3.79. The third-order valence-corrected chi connectivity index (χ3v) is 5.19. The van der Waals surface area contributed by atoms with Gasteiger partial charge in [-0.1, -0.05) is 30.3 Å². The van der Waals surface area contributed by atoms with E-state index in [2.05, 4.69) is 20.6 Å². The molecule has 0 aliphatic carbocycles. The first-order chi connectivity index (χ1) is 15.6. The predicted molar refractivity (Wildman–Crippen MR) is 128 cm³/mol. The molecule has 0 unspecified atom stereocenters. The number of furan rings is 1. The quantitative estimate of drug-likeness (QED) is 0.335. The van der Waals surface area contributed by atoms with Crippen molar-refractivity contribution >= 4 is 50.9 Å². The zero-order valence-corrected chi connectivity index (χ0v) is 17.8. The molecule has 0 spiro atoms. The molecule has 0 saturated heterocycles. The fourth-order valence-corrected chi connectivity index (χ4v) is 3.66. The van der Waals surface area contributed by atoms with Crippen LogP contribution in [0.1, 0.15) is 10.6 Å². The molecule has 0 radical (unpaired) electrons. The summed E-state index contributed by atoms with van der Waals surface area (Å²) in [6.07, 6.45) is 0. The molecule has 2 aromatic heterocycles. The van der Waals surface area contributed by atoms with E-state index in [0.29, 0.717) is 22.8 Å². The summed E-state index contributed by atoms with van der Waals surface area (Å²) in [5.74, 6) is 1.03. The number of fused-ring (bicyclic) bond motifs is 2. The normalized spacial score (nSPS) is 10.9. The molecule has 0 bridgehead atoms. The highest BCUT2D eigenvalue weighted by Crippen LogP contribution is 2.30. The summed E-state index contributed by atoms with van der Waals surface area (Å²) in [7, 11) is 1.57. The lowest BCUT2D eigenvalue weighted by Crippen LogP contribution is -2.34. The average molecular weight is 443 g/mol. The van der Waals surface area contributed by atoms with Crippen molar-refractivity contribution in [1.29, 1.82) is 0 Å². The second-order valence-electron chi connectivity index (χ2n) is 7.07. The predicted octanol–water partition coefficient (Wildman–Crippen LogP) is 5.11. The second-order valence-corrected chi connectivity index (χ2v) is 7.48. The Labute approximate surface area is 188 Å². The van der Waals surface area contributed by atoms with E-state index in [9.17, 15) is 4.79 Å². The number of hydrogen-bond acceptors (Lipinski definition) is 5. The Bertz CT molecular complexity index is 1400. The molecular weight excluding hydrogens is 424 g/mol. The van der Waals surface area contributed by atoms with Crippen molar-refractivity contribution in [3.63, 3.8) is 0 Å². The molecule has 8 heteroatoms. The lowest BCUT2D eigenvalue weighted by molar-refractivity contribution is 0.0953. The van der Waals surface area contributed by atoms with Crippen molar-refractivity contribution in [2.24, 2.45) is 0 Å². The number of rotatable bonds is 4. The van der Waals surface area contributed by atoms with Gasteiger partial charge in [-0.15, -0.1) is 0 Å². The number of aromatic amines is 1. The van der Waals surface area contributed by atoms with Crippen LogP contribution in [0, 0.1) is 0 Å². The molecule has 0 saturated carbocycles. The number of carbonyl (C=O) groups is 1. The Hall–Kier alpha value is -4.17. The van der Waals surface area contributed by atoms with E-state index >= 15 is 0 Å². The average Bonchev–Trinajstić information content (AvgIpc) is 3.43. The fourth-order valence-electron chi connectivity index (χ4n) is 3.45. The molecule has 32 heavy (non-hydrogen) atoms. The molecule has 3 aromatic carbocycles. The van der Waals surface area contributed by atoms with Crippen LogP contribution in [-0.4, -0.2) is 28.1 Å². The van der Waals surface area contributed by atoms with Crippen molar-refractivity contribution < 1.29 is 13.9 Å². The summed E-state index contributed by atoms with van der Waals surface area (Å²) in [6.45, 7) is 0. The van der Waals surface area contributed by atoms with Gasteiger partial charge in [0.05, 0.1) is 23.8 Å². The standard InChI is InChI=1S/C24H18N4O3S/c1-30-20-11-10-15(22-25-16-7-3-4-8-17(16)26-22)12-18(20)27-24(32)28-23(29)21-13-14-6-2-5-9-19(14)31-21/h2-13H,1H3,(H,25,26)(H2,27,28,29,32). The zero-order valence-electron chi connectivity index (χ0n) is 17.0. The molecule has 3 N–H and O–H groups in total. The number of H-pyrrole nitrogens is 1. The number of para-hydroxylation sites is 3. The number of hydrogen-bond donors (Lipinski definition) is 3. The highest BCUT2D eigenvalue weighted by molar-refractivity contribution is 7.80. The van der Waals surface area contributed by atoms with E-state index in [1.165, 1.54) is 0 Å². The summed E-state index contributed by atoms with van der Waals surface area (Å²) in [5, 5.41) is 6.64. The Morgan fingerprint density at radius 2 is 1.88 bits per heavy atom. The summed E-state index contributed by atoms with van der Waals surface area (Å²) >= 11 is 5.35. The summed E-state index contributed by atoms with van der Waals surface area (Å²) < 4.78 is 11.0. The number of nitrogens with one attached hydrogen (secondary N) is 3. The Morgan fingerprint density at radius 1 is 1.06 bits per heavy atom. The topological polar surface area (TPSA) is 92.2 Å². The molecular formula is C24H18N4O3S. The Kier molecular flexibility index (Phi) is 5.04. The smallest absolute Gasteiger partial charge is 0.293 e. The van der Waals surface area contributed by atoms with Gasteiger partial charge in [-0.3, -0.25) is 10.1 Å². The summed E-state index contributed by atoms with van der Waals surface area (Å²) in [6, 6.07) is 22.5. The molecule has 7 nitrogen and oxygen atoms in total. The Balaban J connectivity index is 1.37. The number of anilines is 1. The van der Waals surface area contributed by atoms with Gasteiger partial charge >= 0.3 is 0 Å². The first kappa shape index (κ1) is 19.8. The third-order valence-electron chi connectivity index (χ3n) is 4.99. The largest absolute Gasteiger partial charge is 0.495 e. The van der Waals surface area contributed by atoms with Crippen LogP contribution < -0.4 is 15.4 Å². The van der Waals surface area contributed by atoms with E-state index < -0.39 is 5.91 Å². The van der Waals surface area contributed by atoms with E-state index in [-0.39, 0.29) is 10.9 Å². The minimum Gasteiger partial charge on any atom is -0.495 e. The lowest BCUT2D eigenvalue weighted by atomic mass is 10.1. The van der Waals surface area contributed by atoms with Crippen LogP contribution in [0.15, 0.2) is 77.2 Å². The molecule has 0 aliphatic heterocycles. The maximum absolute atomic E-state index is 12.6. The van der Waals surface area contributed by atoms with E-state index in [1.54, 1.807) is 19.2 Å². The maximum atomic E-state index is 12.6. The van der Waals surface area contributed by atoms with Gasteiger partial charge in [0.1, 0.15) is 17.2 Å². The van der Waals surface area contributed by atoms with E-state index in [0.717, 1.165) is 22.0 Å². The van der Waals surface area contributed by atoms with E-state index in [4.69, 9.17) is 21.4 Å². The summed E-state index contributed by atoms with van der Waals surface area (Å²) in [5.41, 5.74) is 3.90. The minimum absolute atomic E-state index is 0.121. The molecule has 0 atom stereocenters. The molecule has 158 valence electrons. The van der Waals surface area contributed by atoms with Crippen molar-refractivity contribution in [2.75, 3.05) is 12.4 Å². The van der Waals surface area contributed by atoms with Gasteiger partial charge < -0.3 is 19.5 Å². The molecule has 5 rings (SSSR count). The van der Waals surface area contributed by atoms with Crippen LogP contribution in [0.4, 0.5) is 5.69 Å². The van der Waals surface area contributed by atoms with Crippen LogP contribution in [-0.2, 0) is 0 Å². The number of ether oxygens (including phenoxy) is 1. The number of amides is 1. The van der Waals surface area contributed by atoms with Gasteiger partial charge in [0, 0.05) is 10.9 Å². The zero-order chi connectivity index (χ0) is 22.1. The highest BCUT2D eigenvalue weighted by Gasteiger charge is 2.15. The van der Waals surface area contributed by atoms with Crippen LogP contribution in [0.2, 0.25) is 0 Å².